The number of rotatable bonds is 2. The maximum atomic E-state index is 11.0. The lowest BCUT2D eigenvalue weighted by molar-refractivity contribution is -0.142. The molecule has 2 rings (SSSR count). The Balaban J connectivity index is 2.38. The molecule has 1 N–H and O–H groups in total. The molecule has 5 heteroatoms. The molecule has 0 radical (unpaired) electrons. The SMILES string of the molecule is CC(C)c1nc(Br)n2c1CC(C(=O)O)CC2. The predicted molar refractivity (Wildman–Crippen MR) is 63.5 cm³/mol. The molecule has 1 unspecified atom stereocenters. The number of aromatic nitrogens is 2. The minimum absolute atomic E-state index is 0.256. The Hall–Kier alpha value is -0.840. The number of hydrogen-bond donors (Lipinski definition) is 1. The number of hydrogen-bond acceptors (Lipinski definition) is 2. The van der Waals surface area contributed by atoms with Gasteiger partial charge in [-0.25, -0.2) is 4.98 Å². The number of imidazole rings is 1. The van der Waals surface area contributed by atoms with Gasteiger partial charge in [-0.2, -0.15) is 0 Å². The molecule has 4 nitrogen and oxygen atoms in total. The van der Waals surface area contributed by atoms with Crippen LogP contribution in [-0.2, 0) is 17.8 Å². The van der Waals surface area contributed by atoms with Crippen molar-refractivity contribution in [1.29, 1.82) is 0 Å². The van der Waals surface area contributed by atoms with E-state index in [1.807, 2.05) is 0 Å². The highest BCUT2D eigenvalue weighted by Gasteiger charge is 2.29. The Bertz CT molecular complexity index is 426. The van der Waals surface area contributed by atoms with Crippen LogP contribution in [0.15, 0.2) is 4.73 Å². The lowest BCUT2D eigenvalue weighted by Gasteiger charge is -2.22. The largest absolute Gasteiger partial charge is 0.481 e. The van der Waals surface area contributed by atoms with Crippen LogP contribution in [-0.4, -0.2) is 20.6 Å². The van der Waals surface area contributed by atoms with Gasteiger partial charge >= 0.3 is 5.97 Å². The first-order valence-corrected chi connectivity index (χ1v) is 6.27. The number of nitrogens with zero attached hydrogens (tertiary/aromatic N) is 2. The zero-order valence-corrected chi connectivity index (χ0v) is 11.0. The summed E-state index contributed by atoms with van der Waals surface area (Å²) in [5.41, 5.74) is 2.11. The van der Waals surface area contributed by atoms with E-state index < -0.39 is 5.97 Å². The Kier molecular flexibility index (Phi) is 3.06. The fourth-order valence-electron chi connectivity index (χ4n) is 2.21. The van der Waals surface area contributed by atoms with Gasteiger partial charge in [-0.05, 0) is 28.3 Å². The number of halogens is 1. The molecule has 1 aliphatic heterocycles. The Morgan fingerprint density at radius 1 is 1.62 bits per heavy atom. The number of carboxylic acid groups (broad SMARTS) is 1. The first-order valence-electron chi connectivity index (χ1n) is 5.48. The zero-order chi connectivity index (χ0) is 11.9. The van der Waals surface area contributed by atoms with Crippen molar-refractivity contribution < 1.29 is 9.90 Å². The Labute approximate surface area is 103 Å². The molecule has 0 fully saturated rings. The van der Waals surface area contributed by atoms with E-state index in [1.165, 1.54) is 0 Å². The van der Waals surface area contributed by atoms with Crippen LogP contribution in [0.1, 0.15) is 37.6 Å². The van der Waals surface area contributed by atoms with Gasteiger partial charge in [-0.3, -0.25) is 4.79 Å². The Morgan fingerprint density at radius 3 is 2.88 bits per heavy atom. The molecule has 2 heterocycles. The highest BCUT2D eigenvalue weighted by Crippen LogP contribution is 2.30. The van der Waals surface area contributed by atoms with Gasteiger partial charge in [-0.15, -0.1) is 0 Å². The molecule has 16 heavy (non-hydrogen) atoms. The van der Waals surface area contributed by atoms with E-state index in [0.29, 0.717) is 18.8 Å². The first kappa shape index (κ1) is 11.6. The molecule has 1 aromatic heterocycles. The quantitative estimate of drug-likeness (QED) is 0.908. The van der Waals surface area contributed by atoms with Crippen LogP contribution in [0.2, 0.25) is 0 Å². The fraction of sp³-hybridized carbons (Fsp3) is 0.636. The van der Waals surface area contributed by atoms with Crippen molar-refractivity contribution in [3.8, 4) is 0 Å². The van der Waals surface area contributed by atoms with E-state index in [9.17, 15) is 4.79 Å². The smallest absolute Gasteiger partial charge is 0.306 e. The van der Waals surface area contributed by atoms with Crippen LogP contribution in [0.5, 0.6) is 0 Å². The normalized spacial score (nSPS) is 19.9. The van der Waals surface area contributed by atoms with E-state index >= 15 is 0 Å². The fourth-order valence-corrected chi connectivity index (χ4v) is 2.79. The third kappa shape index (κ3) is 1.88. The summed E-state index contributed by atoms with van der Waals surface area (Å²) >= 11 is 3.43. The van der Waals surface area contributed by atoms with Gasteiger partial charge < -0.3 is 9.67 Å². The van der Waals surface area contributed by atoms with E-state index in [2.05, 4.69) is 39.3 Å². The van der Waals surface area contributed by atoms with Crippen LogP contribution in [0.3, 0.4) is 0 Å². The molecule has 0 aromatic carbocycles. The van der Waals surface area contributed by atoms with Crippen LogP contribution in [0.4, 0.5) is 0 Å². The van der Waals surface area contributed by atoms with Crippen LogP contribution in [0, 0.1) is 5.92 Å². The van der Waals surface area contributed by atoms with Crippen molar-refractivity contribution in [2.75, 3.05) is 0 Å². The lowest BCUT2D eigenvalue weighted by atomic mass is 9.93. The summed E-state index contributed by atoms with van der Waals surface area (Å²) in [5, 5.41) is 9.06. The third-order valence-corrected chi connectivity index (χ3v) is 3.70. The maximum Gasteiger partial charge on any atom is 0.306 e. The molecular formula is C11H15BrN2O2. The zero-order valence-electron chi connectivity index (χ0n) is 9.40. The lowest BCUT2D eigenvalue weighted by Crippen LogP contribution is -2.26. The molecule has 0 saturated carbocycles. The minimum atomic E-state index is -0.696. The molecular weight excluding hydrogens is 272 g/mol. The molecule has 0 bridgehead atoms. The van der Waals surface area contributed by atoms with Crippen molar-refractivity contribution in [3.63, 3.8) is 0 Å². The van der Waals surface area contributed by atoms with E-state index in [0.717, 1.165) is 22.7 Å². The highest BCUT2D eigenvalue weighted by atomic mass is 79.9. The summed E-state index contributed by atoms with van der Waals surface area (Å²) in [7, 11) is 0. The van der Waals surface area contributed by atoms with Gasteiger partial charge in [0.25, 0.3) is 0 Å². The summed E-state index contributed by atoms with van der Waals surface area (Å²) in [4.78, 5) is 15.5. The Morgan fingerprint density at radius 2 is 2.31 bits per heavy atom. The van der Waals surface area contributed by atoms with Crippen molar-refractivity contribution in [3.05, 3.63) is 16.1 Å². The monoisotopic (exact) mass is 286 g/mol. The van der Waals surface area contributed by atoms with Gasteiger partial charge in [0.2, 0.25) is 0 Å². The molecule has 1 aromatic rings. The summed E-state index contributed by atoms with van der Waals surface area (Å²) < 4.78 is 2.92. The maximum absolute atomic E-state index is 11.0. The standard InChI is InChI=1S/C11H15BrN2O2/c1-6(2)9-8-5-7(10(15)16)3-4-14(8)11(12)13-9/h6-7H,3-5H2,1-2H3,(H,15,16). The second-order valence-corrected chi connectivity index (χ2v) is 5.26. The van der Waals surface area contributed by atoms with Gasteiger partial charge in [0.05, 0.1) is 11.6 Å². The summed E-state index contributed by atoms with van der Waals surface area (Å²) in [5.74, 6) is -0.619. The van der Waals surface area contributed by atoms with Gasteiger partial charge in [0.15, 0.2) is 4.73 Å². The third-order valence-electron chi connectivity index (χ3n) is 3.09. The van der Waals surface area contributed by atoms with E-state index in [-0.39, 0.29) is 5.92 Å². The van der Waals surface area contributed by atoms with Crippen LogP contribution >= 0.6 is 15.9 Å². The summed E-state index contributed by atoms with van der Waals surface area (Å²) in [6.07, 6.45) is 1.29. The van der Waals surface area contributed by atoms with Crippen LogP contribution < -0.4 is 0 Å². The molecule has 1 atom stereocenters. The highest BCUT2D eigenvalue weighted by molar-refractivity contribution is 9.10. The molecule has 0 spiro atoms. The van der Waals surface area contributed by atoms with Gasteiger partial charge in [0.1, 0.15) is 0 Å². The van der Waals surface area contributed by atoms with Crippen LogP contribution in [0.25, 0.3) is 0 Å². The van der Waals surface area contributed by atoms with Crippen molar-refractivity contribution in [1.82, 2.24) is 9.55 Å². The molecule has 0 amide bonds. The van der Waals surface area contributed by atoms with E-state index in [4.69, 9.17) is 5.11 Å². The van der Waals surface area contributed by atoms with Crippen molar-refractivity contribution in [2.45, 2.75) is 39.2 Å². The number of carboxylic acids is 1. The second-order valence-electron chi connectivity index (χ2n) is 4.55. The summed E-state index contributed by atoms with van der Waals surface area (Å²) in [6.45, 7) is 4.91. The molecule has 88 valence electrons. The van der Waals surface area contributed by atoms with E-state index in [1.54, 1.807) is 0 Å². The molecule has 0 aliphatic carbocycles. The number of carbonyl (C=O) groups is 1. The number of fused-ring (bicyclic) bond motifs is 1. The first-order chi connectivity index (χ1) is 7.50. The average molecular weight is 287 g/mol. The topological polar surface area (TPSA) is 55.1 Å². The minimum Gasteiger partial charge on any atom is -0.481 e. The molecule has 0 saturated heterocycles. The molecule has 1 aliphatic rings. The summed E-state index contributed by atoms with van der Waals surface area (Å²) in [6, 6.07) is 0. The van der Waals surface area contributed by atoms with Crippen molar-refractivity contribution in [2.24, 2.45) is 5.92 Å². The van der Waals surface area contributed by atoms with Gasteiger partial charge in [-0.1, -0.05) is 13.8 Å². The predicted octanol–water partition coefficient (Wildman–Crippen LogP) is 2.42. The number of aliphatic carboxylic acids is 1. The average Bonchev–Trinajstić information content (AvgIpc) is 2.56. The van der Waals surface area contributed by atoms with Gasteiger partial charge in [0, 0.05) is 18.7 Å². The van der Waals surface area contributed by atoms with Crippen molar-refractivity contribution >= 4 is 21.9 Å². The second kappa shape index (κ2) is 4.20.